The van der Waals surface area contributed by atoms with E-state index >= 15 is 0 Å². The molecule has 1 aromatic carbocycles. The predicted octanol–water partition coefficient (Wildman–Crippen LogP) is 2.10. The number of aldehydes is 2. The average molecular weight is 338 g/mol. The molecule has 0 saturated carbocycles. The lowest BCUT2D eigenvalue weighted by atomic mass is 9.88. The van der Waals surface area contributed by atoms with Gasteiger partial charge in [0.2, 0.25) is 0 Å². The fraction of sp³-hybridized carbons (Fsp3) is 0.579. The molecule has 0 aliphatic rings. The van der Waals surface area contributed by atoms with Gasteiger partial charge in [-0.15, -0.1) is 0 Å². The van der Waals surface area contributed by atoms with Gasteiger partial charge in [0.1, 0.15) is 12.6 Å². The molecule has 0 heterocycles. The van der Waals surface area contributed by atoms with Crippen molar-refractivity contribution in [2.45, 2.75) is 47.0 Å². The standard InChI is InChI=1S/C13H16O2.C6H14O3/c1-4-12-9(3)10(7-14)6-11(8-15)13(12)5-2;1-2-6(3-7,4-8)5-9/h6-8H,4-5H2,1-3H3;7-9H,2-5H2,1H3. The highest BCUT2D eigenvalue weighted by molar-refractivity contribution is 5.86. The van der Waals surface area contributed by atoms with Crippen LogP contribution in [0.25, 0.3) is 0 Å². The molecule has 1 rings (SSSR count). The fourth-order valence-electron chi connectivity index (χ4n) is 2.55. The summed E-state index contributed by atoms with van der Waals surface area (Å²) in [5, 5.41) is 26.0. The van der Waals surface area contributed by atoms with Crippen LogP contribution in [-0.4, -0.2) is 47.7 Å². The van der Waals surface area contributed by atoms with Crippen molar-refractivity contribution in [3.05, 3.63) is 33.9 Å². The van der Waals surface area contributed by atoms with Crippen LogP contribution in [-0.2, 0) is 12.8 Å². The Balaban J connectivity index is 0.000000506. The van der Waals surface area contributed by atoms with Gasteiger partial charge in [-0.1, -0.05) is 20.8 Å². The van der Waals surface area contributed by atoms with Crippen LogP contribution in [0.5, 0.6) is 0 Å². The summed E-state index contributed by atoms with van der Waals surface area (Å²) in [7, 11) is 0. The van der Waals surface area contributed by atoms with Crippen LogP contribution >= 0.6 is 0 Å². The Morgan fingerprint density at radius 1 is 0.875 bits per heavy atom. The minimum Gasteiger partial charge on any atom is -0.396 e. The van der Waals surface area contributed by atoms with Crippen LogP contribution in [0, 0.1) is 12.3 Å². The summed E-state index contributed by atoms with van der Waals surface area (Å²) in [5.41, 5.74) is 3.85. The Bertz CT molecular complexity index is 516. The number of rotatable bonds is 8. The highest BCUT2D eigenvalue weighted by Crippen LogP contribution is 2.22. The van der Waals surface area contributed by atoms with Gasteiger partial charge in [0.05, 0.1) is 19.8 Å². The van der Waals surface area contributed by atoms with Crippen molar-refractivity contribution in [1.82, 2.24) is 0 Å². The molecular formula is C19H30O5. The zero-order valence-electron chi connectivity index (χ0n) is 15.1. The lowest BCUT2D eigenvalue weighted by Crippen LogP contribution is -2.32. The zero-order valence-corrected chi connectivity index (χ0v) is 15.1. The molecule has 136 valence electrons. The molecule has 0 aromatic heterocycles. The van der Waals surface area contributed by atoms with Gasteiger partial charge in [0, 0.05) is 16.5 Å². The van der Waals surface area contributed by atoms with Gasteiger partial charge in [-0.3, -0.25) is 9.59 Å². The maximum Gasteiger partial charge on any atom is 0.150 e. The van der Waals surface area contributed by atoms with Gasteiger partial charge in [0.15, 0.2) is 0 Å². The van der Waals surface area contributed by atoms with Crippen LogP contribution in [0.3, 0.4) is 0 Å². The number of aliphatic hydroxyl groups is 3. The van der Waals surface area contributed by atoms with Crippen LogP contribution in [0.2, 0.25) is 0 Å². The van der Waals surface area contributed by atoms with Crippen LogP contribution in [0.1, 0.15) is 64.6 Å². The topological polar surface area (TPSA) is 94.8 Å². The summed E-state index contributed by atoms with van der Waals surface area (Å²) in [6, 6.07) is 1.69. The molecule has 5 heteroatoms. The van der Waals surface area contributed by atoms with Gasteiger partial charge >= 0.3 is 0 Å². The van der Waals surface area contributed by atoms with Gasteiger partial charge in [-0.2, -0.15) is 0 Å². The first kappa shape index (κ1) is 22.4. The third-order valence-electron chi connectivity index (χ3n) is 4.63. The SMILES string of the molecule is CCC(CO)(CO)CO.CCc1c(C=O)cc(C=O)c(C)c1CC. The molecule has 0 atom stereocenters. The van der Waals surface area contributed by atoms with E-state index in [4.69, 9.17) is 15.3 Å². The number of benzene rings is 1. The van der Waals surface area contributed by atoms with Gasteiger partial charge in [-0.05, 0) is 48.9 Å². The quantitative estimate of drug-likeness (QED) is 0.631. The normalized spacial score (nSPS) is 10.8. The Kier molecular flexibility index (Phi) is 10.4. The number of carbonyl (C=O) groups is 2. The van der Waals surface area contributed by atoms with Crippen molar-refractivity contribution in [2.75, 3.05) is 19.8 Å². The predicted molar refractivity (Wildman–Crippen MR) is 94.7 cm³/mol. The van der Waals surface area contributed by atoms with E-state index in [0.29, 0.717) is 17.5 Å². The molecule has 0 unspecified atom stereocenters. The largest absolute Gasteiger partial charge is 0.396 e. The lowest BCUT2D eigenvalue weighted by molar-refractivity contribution is 0.00304. The van der Waals surface area contributed by atoms with E-state index in [2.05, 4.69) is 0 Å². The van der Waals surface area contributed by atoms with E-state index in [1.807, 2.05) is 27.7 Å². The first-order chi connectivity index (χ1) is 11.4. The Labute approximate surface area is 144 Å². The van der Waals surface area contributed by atoms with Gasteiger partial charge in [-0.25, -0.2) is 0 Å². The number of aliphatic hydroxyl groups excluding tert-OH is 3. The number of hydrogen-bond acceptors (Lipinski definition) is 5. The van der Waals surface area contributed by atoms with Crippen molar-refractivity contribution in [2.24, 2.45) is 5.41 Å². The van der Waals surface area contributed by atoms with Gasteiger partial charge < -0.3 is 15.3 Å². The van der Waals surface area contributed by atoms with Crippen molar-refractivity contribution in [3.63, 3.8) is 0 Å². The fourth-order valence-corrected chi connectivity index (χ4v) is 2.55. The van der Waals surface area contributed by atoms with E-state index in [-0.39, 0.29) is 19.8 Å². The molecular weight excluding hydrogens is 308 g/mol. The summed E-state index contributed by atoms with van der Waals surface area (Å²) in [6.45, 7) is 7.37. The second kappa shape index (κ2) is 11.1. The molecule has 0 amide bonds. The van der Waals surface area contributed by atoms with Crippen LogP contribution in [0.15, 0.2) is 6.07 Å². The number of hydrogen-bond donors (Lipinski definition) is 3. The average Bonchev–Trinajstić information content (AvgIpc) is 2.64. The van der Waals surface area contributed by atoms with E-state index < -0.39 is 5.41 Å². The van der Waals surface area contributed by atoms with E-state index in [9.17, 15) is 9.59 Å². The molecule has 1 aromatic rings. The Hall–Kier alpha value is -1.56. The summed E-state index contributed by atoms with van der Waals surface area (Å²) < 4.78 is 0. The Morgan fingerprint density at radius 3 is 1.58 bits per heavy atom. The molecule has 0 saturated heterocycles. The van der Waals surface area contributed by atoms with Crippen LogP contribution < -0.4 is 0 Å². The third kappa shape index (κ3) is 5.23. The molecule has 5 nitrogen and oxygen atoms in total. The van der Waals surface area contributed by atoms with E-state index in [1.54, 1.807) is 6.07 Å². The zero-order chi connectivity index (χ0) is 18.8. The maximum atomic E-state index is 10.9. The minimum atomic E-state index is -0.667. The highest BCUT2D eigenvalue weighted by Gasteiger charge is 2.24. The Morgan fingerprint density at radius 2 is 1.33 bits per heavy atom. The van der Waals surface area contributed by atoms with Crippen molar-refractivity contribution in [3.8, 4) is 0 Å². The molecule has 0 radical (unpaired) electrons. The summed E-state index contributed by atoms with van der Waals surface area (Å²) in [4.78, 5) is 21.8. The third-order valence-corrected chi connectivity index (χ3v) is 4.63. The molecule has 3 N–H and O–H groups in total. The summed E-state index contributed by atoms with van der Waals surface area (Å²) in [5.74, 6) is 0. The van der Waals surface area contributed by atoms with E-state index in [1.165, 1.54) is 0 Å². The van der Waals surface area contributed by atoms with E-state index in [0.717, 1.165) is 42.1 Å². The first-order valence-corrected chi connectivity index (χ1v) is 8.32. The molecule has 0 aliphatic carbocycles. The molecule has 0 aliphatic heterocycles. The highest BCUT2D eigenvalue weighted by atomic mass is 16.3. The van der Waals surface area contributed by atoms with Crippen molar-refractivity contribution < 1.29 is 24.9 Å². The maximum absolute atomic E-state index is 10.9. The van der Waals surface area contributed by atoms with Crippen LogP contribution in [0.4, 0.5) is 0 Å². The minimum absolute atomic E-state index is 0.156. The number of carbonyl (C=O) groups excluding carboxylic acids is 2. The monoisotopic (exact) mass is 338 g/mol. The summed E-state index contributed by atoms with van der Waals surface area (Å²) in [6.07, 6.45) is 3.94. The summed E-state index contributed by atoms with van der Waals surface area (Å²) >= 11 is 0. The van der Waals surface area contributed by atoms with Gasteiger partial charge in [0.25, 0.3) is 0 Å². The molecule has 0 spiro atoms. The smallest absolute Gasteiger partial charge is 0.150 e. The van der Waals surface area contributed by atoms with Crippen molar-refractivity contribution >= 4 is 12.6 Å². The molecule has 0 bridgehead atoms. The lowest BCUT2D eigenvalue weighted by Gasteiger charge is -2.24. The second-order valence-electron chi connectivity index (χ2n) is 5.91. The van der Waals surface area contributed by atoms with Crippen molar-refractivity contribution in [1.29, 1.82) is 0 Å². The molecule has 0 fully saturated rings. The molecule has 24 heavy (non-hydrogen) atoms. The first-order valence-electron chi connectivity index (χ1n) is 8.32. The second-order valence-corrected chi connectivity index (χ2v) is 5.91.